The third-order valence-corrected chi connectivity index (χ3v) is 7.68. The van der Waals surface area contributed by atoms with Crippen molar-refractivity contribution in [2.75, 3.05) is 25.9 Å². The van der Waals surface area contributed by atoms with Crippen molar-refractivity contribution >= 4 is 56.5 Å². The number of fused-ring (bicyclic) bond motifs is 2. The van der Waals surface area contributed by atoms with Gasteiger partial charge in [-0.2, -0.15) is 0 Å². The van der Waals surface area contributed by atoms with Crippen molar-refractivity contribution in [3.8, 4) is 0 Å². The van der Waals surface area contributed by atoms with E-state index >= 15 is 0 Å². The summed E-state index contributed by atoms with van der Waals surface area (Å²) < 4.78 is 2.03. The zero-order chi connectivity index (χ0) is 25.4. The van der Waals surface area contributed by atoms with Crippen molar-refractivity contribution in [1.29, 1.82) is 0 Å². The summed E-state index contributed by atoms with van der Waals surface area (Å²) in [6.45, 7) is 6.84. The van der Waals surface area contributed by atoms with Crippen LogP contribution in [0.25, 0.3) is 33.0 Å². The van der Waals surface area contributed by atoms with Gasteiger partial charge < -0.3 is 19.6 Å². The van der Waals surface area contributed by atoms with Gasteiger partial charge in [0, 0.05) is 57.8 Å². The van der Waals surface area contributed by atoms with Crippen LogP contribution in [0.4, 0.5) is 0 Å². The average molecular weight is 503 g/mol. The number of aliphatic hydroxyl groups is 1. The van der Waals surface area contributed by atoms with Crippen LogP contribution in [0, 0.1) is 0 Å². The standard InChI is InChI=1S/C28H30N4O3S/c1-4-31(5-2)14-17(33)15-32-16-21(19-10-8-12-23(36-3)26(19)32)25-24(27(34)30-28(25)35)20-13-29-22-11-7-6-9-18(20)22/h6-13,16-17,29,33H,4-5,14-15H2,1-3H3,(H,30,34,35). The van der Waals surface area contributed by atoms with E-state index in [1.54, 1.807) is 18.0 Å². The molecule has 1 aliphatic rings. The molecule has 8 heteroatoms. The van der Waals surface area contributed by atoms with Crippen LogP contribution in [-0.4, -0.2) is 63.4 Å². The van der Waals surface area contributed by atoms with Crippen LogP contribution in [0.5, 0.6) is 0 Å². The van der Waals surface area contributed by atoms with Gasteiger partial charge in [0.2, 0.25) is 0 Å². The Hall–Kier alpha value is -3.33. The van der Waals surface area contributed by atoms with E-state index in [-0.39, 0.29) is 0 Å². The minimum atomic E-state index is -0.579. The highest BCUT2D eigenvalue weighted by Gasteiger charge is 2.35. The number of hydrogen-bond donors (Lipinski definition) is 3. The van der Waals surface area contributed by atoms with Gasteiger partial charge in [-0.1, -0.05) is 44.2 Å². The molecule has 2 aromatic heterocycles. The lowest BCUT2D eigenvalue weighted by Gasteiger charge is -2.22. The number of para-hydroxylation sites is 2. The quantitative estimate of drug-likeness (QED) is 0.237. The Bertz CT molecular complexity index is 1500. The highest BCUT2D eigenvalue weighted by molar-refractivity contribution is 7.98. The van der Waals surface area contributed by atoms with E-state index in [1.165, 1.54) is 0 Å². The zero-order valence-electron chi connectivity index (χ0n) is 20.7. The van der Waals surface area contributed by atoms with Crippen molar-refractivity contribution in [1.82, 2.24) is 19.8 Å². The summed E-state index contributed by atoms with van der Waals surface area (Å²) in [4.78, 5) is 32.7. The number of amides is 2. The summed E-state index contributed by atoms with van der Waals surface area (Å²) in [5.74, 6) is -0.805. The van der Waals surface area contributed by atoms with Crippen LogP contribution >= 0.6 is 11.8 Å². The number of aromatic nitrogens is 2. The van der Waals surface area contributed by atoms with Gasteiger partial charge in [-0.25, -0.2) is 0 Å². The molecule has 4 aromatic rings. The predicted molar refractivity (Wildman–Crippen MR) is 146 cm³/mol. The highest BCUT2D eigenvalue weighted by atomic mass is 32.2. The third-order valence-electron chi connectivity index (χ3n) is 6.91. The minimum absolute atomic E-state index is 0.366. The smallest absolute Gasteiger partial charge is 0.259 e. The molecule has 3 heterocycles. The number of likely N-dealkylation sites (N-methyl/N-ethyl adjacent to an activating group) is 1. The fourth-order valence-electron chi connectivity index (χ4n) is 5.15. The molecule has 186 valence electrons. The van der Waals surface area contributed by atoms with Crippen molar-refractivity contribution in [2.45, 2.75) is 31.4 Å². The Morgan fingerprint density at radius 3 is 2.39 bits per heavy atom. The van der Waals surface area contributed by atoms with E-state index in [1.807, 2.05) is 59.5 Å². The van der Waals surface area contributed by atoms with E-state index in [4.69, 9.17) is 0 Å². The number of benzene rings is 2. The second-order valence-electron chi connectivity index (χ2n) is 8.97. The predicted octanol–water partition coefficient (Wildman–Crippen LogP) is 4.11. The number of thioether (sulfide) groups is 1. The maximum absolute atomic E-state index is 13.2. The molecule has 0 saturated carbocycles. The van der Waals surface area contributed by atoms with Gasteiger partial charge >= 0.3 is 0 Å². The lowest BCUT2D eigenvalue weighted by molar-refractivity contribution is -0.122. The molecule has 3 N–H and O–H groups in total. The number of nitrogens with zero attached hydrogens (tertiary/aromatic N) is 2. The molecule has 1 atom stereocenters. The molecule has 0 fully saturated rings. The van der Waals surface area contributed by atoms with Gasteiger partial charge in [0.1, 0.15) is 0 Å². The summed E-state index contributed by atoms with van der Waals surface area (Å²) in [6.07, 6.45) is 5.14. The van der Waals surface area contributed by atoms with Crippen LogP contribution in [0.2, 0.25) is 0 Å². The number of imide groups is 1. The van der Waals surface area contributed by atoms with Crippen LogP contribution in [0.15, 0.2) is 59.8 Å². The maximum Gasteiger partial charge on any atom is 0.259 e. The van der Waals surface area contributed by atoms with Gasteiger partial charge in [0.25, 0.3) is 11.8 Å². The maximum atomic E-state index is 13.2. The molecule has 0 radical (unpaired) electrons. The SMILES string of the molecule is CCN(CC)CC(O)Cn1cc(C2=C(c3c[nH]c4ccccc34)C(=O)NC2=O)c2cccc(SC)c21. The van der Waals surface area contributed by atoms with E-state index in [0.29, 0.717) is 35.4 Å². The third kappa shape index (κ3) is 4.15. The van der Waals surface area contributed by atoms with Gasteiger partial charge in [-0.3, -0.25) is 14.9 Å². The molecule has 1 aliphatic heterocycles. The monoisotopic (exact) mass is 502 g/mol. The highest BCUT2D eigenvalue weighted by Crippen LogP contribution is 2.40. The summed E-state index contributed by atoms with van der Waals surface area (Å²) in [6, 6.07) is 13.7. The molecule has 7 nitrogen and oxygen atoms in total. The van der Waals surface area contributed by atoms with Crippen molar-refractivity contribution < 1.29 is 14.7 Å². The molecule has 2 amide bonds. The van der Waals surface area contributed by atoms with Crippen LogP contribution in [0.1, 0.15) is 25.0 Å². The molecule has 2 aromatic carbocycles. The summed E-state index contributed by atoms with van der Waals surface area (Å²) in [5, 5.41) is 15.2. The minimum Gasteiger partial charge on any atom is -0.390 e. The van der Waals surface area contributed by atoms with Gasteiger partial charge in [-0.15, -0.1) is 11.8 Å². The first-order chi connectivity index (χ1) is 17.5. The number of rotatable bonds is 9. The van der Waals surface area contributed by atoms with Gasteiger partial charge in [0.15, 0.2) is 0 Å². The molecular formula is C28H30N4O3S. The van der Waals surface area contributed by atoms with Crippen LogP contribution in [0.3, 0.4) is 0 Å². The number of carbonyl (C=O) groups excluding carboxylic acids is 2. The van der Waals surface area contributed by atoms with E-state index in [2.05, 4.69) is 29.0 Å². The van der Waals surface area contributed by atoms with E-state index in [9.17, 15) is 14.7 Å². The Morgan fingerprint density at radius 1 is 0.972 bits per heavy atom. The number of nitrogens with one attached hydrogen (secondary N) is 2. The lowest BCUT2D eigenvalue weighted by atomic mass is 9.95. The molecule has 0 saturated heterocycles. The van der Waals surface area contributed by atoms with Crippen LogP contribution < -0.4 is 5.32 Å². The number of aromatic amines is 1. The first-order valence-electron chi connectivity index (χ1n) is 12.2. The molecule has 5 rings (SSSR count). The van der Waals surface area contributed by atoms with E-state index < -0.39 is 17.9 Å². The fourth-order valence-corrected chi connectivity index (χ4v) is 5.78. The molecule has 0 bridgehead atoms. The van der Waals surface area contributed by atoms with Crippen molar-refractivity contribution in [3.63, 3.8) is 0 Å². The van der Waals surface area contributed by atoms with E-state index in [0.717, 1.165) is 39.8 Å². The number of aliphatic hydroxyl groups excluding tert-OH is 1. The lowest BCUT2D eigenvalue weighted by Crippen LogP contribution is -2.34. The zero-order valence-corrected chi connectivity index (χ0v) is 21.5. The largest absolute Gasteiger partial charge is 0.390 e. The summed E-state index contributed by atoms with van der Waals surface area (Å²) in [7, 11) is 0. The Kier molecular flexibility index (Phi) is 6.75. The first-order valence-corrected chi connectivity index (χ1v) is 13.4. The second-order valence-corrected chi connectivity index (χ2v) is 9.82. The summed E-state index contributed by atoms with van der Waals surface area (Å²) >= 11 is 1.62. The Morgan fingerprint density at radius 2 is 1.67 bits per heavy atom. The van der Waals surface area contributed by atoms with Crippen molar-refractivity contribution in [3.05, 3.63) is 66.0 Å². The summed E-state index contributed by atoms with van der Waals surface area (Å²) in [5.41, 5.74) is 3.99. The second kappa shape index (κ2) is 9.97. The molecule has 36 heavy (non-hydrogen) atoms. The Labute approximate surface area is 214 Å². The van der Waals surface area contributed by atoms with Crippen molar-refractivity contribution in [2.24, 2.45) is 0 Å². The topological polar surface area (TPSA) is 90.4 Å². The van der Waals surface area contributed by atoms with Gasteiger partial charge in [-0.05, 0) is 31.5 Å². The van der Waals surface area contributed by atoms with Crippen LogP contribution in [-0.2, 0) is 16.1 Å². The Balaban J connectivity index is 1.69. The molecule has 1 unspecified atom stereocenters. The first kappa shape index (κ1) is 24.4. The number of hydrogen-bond acceptors (Lipinski definition) is 5. The molecule has 0 aliphatic carbocycles. The normalized spacial score (nSPS) is 15.0. The van der Waals surface area contributed by atoms with Gasteiger partial charge in [0.05, 0.1) is 22.8 Å². The molecule has 0 spiro atoms. The number of H-pyrrole nitrogens is 1. The average Bonchev–Trinajstić information content (AvgIpc) is 3.55. The fraction of sp³-hybridized carbons (Fsp3) is 0.286. The molecular weight excluding hydrogens is 472 g/mol. The number of carbonyl (C=O) groups is 2.